The molecule has 0 spiro atoms. The van der Waals surface area contributed by atoms with E-state index in [0.717, 1.165) is 17.0 Å². The van der Waals surface area contributed by atoms with Crippen molar-refractivity contribution in [2.75, 3.05) is 7.11 Å². The average molecular weight is 380 g/mol. The summed E-state index contributed by atoms with van der Waals surface area (Å²) >= 11 is 0. The van der Waals surface area contributed by atoms with Gasteiger partial charge in [0.2, 0.25) is 5.91 Å². The molecule has 7 nitrogen and oxygen atoms in total. The van der Waals surface area contributed by atoms with Crippen LogP contribution in [0.1, 0.15) is 37.1 Å². The molecule has 3 rings (SSSR count). The van der Waals surface area contributed by atoms with E-state index in [4.69, 9.17) is 9.47 Å². The smallest absolute Gasteiger partial charge is 0.217 e. The van der Waals surface area contributed by atoms with Crippen molar-refractivity contribution < 1.29 is 14.3 Å². The zero-order valence-electron chi connectivity index (χ0n) is 16.5. The van der Waals surface area contributed by atoms with Gasteiger partial charge in [0.15, 0.2) is 11.6 Å². The summed E-state index contributed by atoms with van der Waals surface area (Å²) in [6, 6.07) is 15.0. The number of methoxy groups -OCH3 is 1. The van der Waals surface area contributed by atoms with Gasteiger partial charge in [0.05, 0.1) is 18.8 Å². The highest BCUT2D eigenvalue weighted by Crippen LogP contribution is 2.21. The number of aromatic nitrogens is 3. The third-order valence-corrected chi connectivity index (χ3v) is 4.14. The van der Waals surface area contributed by atoms with E-state index in [0.29, 0.717) is 17.4 Å². The van der Waals surface area contributed by atoms with Crippen LogP contribution < -0.4 is 14.8 Å². The molecule has 0 saturated heterocycles. The first-order valence-corrected chi connectivity index (χ1v) is 9.03. The Labute approximate surface area is 164 Å². The van der Waals surface area contributed by atoms with Gasteiger partial charge in [0.1, 0.15) is 18.1 Å². The maximum Gasteiger partial charge on any atom is 0.217 e. The van der Waals surface area contributed by atoms with Crippen LogP contribution in [0.15, 0.2) is 48.5 Å². The lowest BCUT2D eigenvalue weighted by Gasteiger charge is -2.13. The van der Waals surface area contributed by atoms with Gasteiger partial charge in [-0.3, -0.25) is 4.79 Å². The van der Waals surface area contributed by atoms with E-state index >= 15 is 0 Å². The Morgan fingerprint density at radius 3 is 2.64 bits per heavy atom. The second kappa shape index (κ2) is 8.56. The molecular formula is C21H24N4O3. The predicted molar refractivity (Wildman–Crippen MR) is 106 cm³/mol. The Morgan fingerprint density at radius 2 is 1.93 bits per heavy atom. The number of aryl methyl sites for hydroxylation is 1. The highest BCUT2D eigenvalue weighted by atomic mass is 16.5. The minimum absolute atomic E-state index is 0.125. The summed E-state index contributed by atoms with van der Waals surface area (Å²) < 4.78 is 12.8. The van der Waals surface area contributed by atoms with Crippen molar-refractivity contribution in [2.24, 2.45) is 0 Å². The van der Waals surface area contributed by atoms with Crippen LogP contribution in [0.3, 0.4) is 0 Å². The van der Waals surface area contributed by atoms with E-state index in [2.05, 4.69) is 15.4 Å². The fraction of sp³-hybridized carbons (Fsp3) is 0.286. The van der Waals surface area contributed by atoms with Crippen LogP contribution in [-0.2, 0) is 11.4 Å². The van der Waals surface area contributed by atoms with E-state index in [1.165, 1.54) is 6.92 Å². The van der Waals surface area contributed by atoms with Gasteiger partial charge in [-0.25, -0.2) is 9.67 Å². The fourth-order valence-electron chi connectivity index (χ4n) is 2.87. The van der Waals surface area contributed by atoms with Gasteiger partial charge in [-0.1, -0.05) is 18.2 Å². The molecular weight excluding hydrogens is 356 g/mol. The molecule has 3 aromatic rings. The molecule has 0 aliphatic carbocycles. The molecule has 1 atom stereocenters. The van der Waals surface area contributed by atoms with Gasteiger partial charge in [-0.05, 0) is 43.7 Å². The lowest BCUT2D eigenvalue weighted by atomic mass is 10.2. The normalized spacial score (nSPS) is 11.7. The summed E-state index contributed by atoms with van der Waals surface area (Å²) in [5.74, 6) is 2.43. The van der Waals surface area contributed by atoms with Crippen LogP contribution in [0.4, 0.5) is 0 Å². The van der Waals surface area contributed by atoms with E-state index in [1.807, 2.05) is 56.3 Å². The van der Waals surface area contributed by atoms with Crippen LogP contribution in [0.25, 0.3) is 5.69 Å². The van der Waals surface area contributed by atoms with E-state index in [-0.39, 0.29) is 18.6 Å². The summed E-state index contributed by atoms with van der Waals surface area (Å²) in [4.78, 5) is 16.1. The first-order valence-electron chi connectivity index (χ1n) is 9.03. The second-order valence-electron chi connectivity index (χ2n) is 6.53. The third kappa shape index (κ3) is 4.68. The monoisotopic (exact) mass is 380 g/mol. The van der Waals surface area contributed by atoms with Gasteiger partial charge in [0, 0.05) is 13.0 Å². The van der Waals surface area contributed by atoms with Gasteiger partial charge in [-0.15, -0.1) is 5.10 Å². The molecule has 0 fully saturated rings. The molecule has 0 radical (unpaired) electrons. The Balaban J connectivity index is 1.88. The molecule has 28 heavy (non-hydrogen) atoms. The summed E-state index contributed by atoms with van der Waals surface area (Å²) in [5, 5.41) is 7.47. The number of benzene rings is 2. The third-order valence-electron chi connectivity index (χ3n) is 4.14. The second-order valence-corrected chi connectivity index (χ2v) is 6.53. The summed E-state index contributed by atoms with van der Waals surface area (Å²) in [6.07, 6.45) is 0. The fourth-order valence-corrected chi connectivity index (χ4v) is 2.87. The van der Waals surface area contributed by atoms with Crippen molar-refractivity contribution >= 4 is 5.91 Å². The summed E-state index contributed by atoms with van der Waals surface area (Å²) in [7, 11) is 1.61. The van der Waals surface area contributed by atoms with Crippen LogP contribution in [0.5, 0.6) is 11.5 Å². The molecule has 1 heterocycles. The topological polar surface area (TPSA) is 78.3 Å². The number of hydrogen-bond acceptors (Lipinski definition) is 5. The molecule has 2 aromatic carbocycles. The van der Waals surface area contributed by atoms with Gasteiger partial charge >= 0.3 is 0 Å². The highest BCUT2D eigenvalue weighted by Gasteiger charge is 2.19. The minimum atomic E-state index is -0.295. The Hall–Kier alpha value is -3.35. The average Bonchev–Trinajstić information content (AvgIpc) is 3.10. The summed E-state index contributed by atoms with van der Waals surface area (Å²) in [6.45, 7) is 5.58. The van der Waals surface area contributed by atoms with Crippen molar-refractivity contribution in [1.82, 2.24) is 20.1 Å². The Morgan fingerprint density at radius 1 is 1.18 bits per heavy atom. The van der Waals surface area contributed by atoms with Crippen molar-refractivity contribution in [1.29, 1.82) is 0 Å². The van der Waals surface area contributed by atoms with Gasteiger partial charge < -0.3 is 14.8 Å². The zero-order valence-corrected chi connectivity index (χ0v) is 16.5. The molecule has 1 amide bonds. The van der Waals surface area contributed by atoms with Crippen molar-refractivity contribution in [3.8, 4) is 17.2 Å². The van der Waals surface area contributed by atoms with E-state index in [1.54, 1.807) is 17.9 Å². The van der Waals surface area contributed by atoms with E-state index < -0.39 is 0 Å². The highest BCUT2D eigenvalue weighted by molar-refractivity contribution is 5.73. The number of amides is 1. The number of carbonyl (C=O) groups is 1. The Bertz CT molecular complexity index is 968. The molecule has 0 aliphatic rings. The largest absolute Gasteiger partial charge is 0.497 e. The molecule has 1 aromatic heterocycles. The molecule has 0 saturated carbocycles. The van der Waals surface area contributed by atoms with Crippen molar-refractivity contribution in [2.45, 2.75) is 33.4 Å². The minimum Gasteiger partial charge on any atom is -0.497 e. The molecule has 146 valence electrons. The number of nitrogens with one attached hydrogen (secondary N) is 1. The van der Waals surface area contributed by atoms with Crippen LogP contribution in [0.2, 0.25) is 0 Å². The summed E-state index contributed by atoms with van der Waals surface area (Å²) in [5.41, 5.74) is 1.99. The maximum atomic E-state index is 11.5. The zero-order chi connectivity index (χ0) is 20.1. The lowest BCUT2D eigenvalue weighted by molar-refractivity contribution is -0.119. The van der Waals surface area contributed by atoms with Gasteiger partial charge in [0.25, 0.3) is 0 Å². The number of nitrogens with zero attached hydrogens (tertiary/aromatic N) is 3. The van der Waals surface area contributed by atoms with Crippen LogP contribution >= 0.6 is 0 Å². The van der Waals surface area contributed by atoms with Gasteiger partial charge in [-0.2, -0.15) is 0 Å². The molecule has 7 heteroatoms. The number of carbonyl (C=O) groups excluding carboxylic acids is 1. The number of ether oxygens (including phenoxy) is 2. The lowest BCUT2D eigenvalue weighted by Crippen LogP contribution is -2.26. The SMILES string of the molecule is COc1cccc(OCc2nc([C@H](C)NC(C)=O)n(-c3cccc(C)c3)n2)c1. The van der Waals surface area contributed by atoms with Crippen LogP contribution in [0, 0.1) is 6.92 Å². The molecule has 0 bridgehead atoms. The van der Waals surface area contributed by atoms with Crippen molar-refractivity contribution in [3.63, 3.8) is 0 Å². The predicted octanol–water partition coefficient (Wildman–Crippen LogP) is 3.36. The van der Waals surface area contributed by atoms with E-state index in [9.17, 15) is 4.79 Å². The molecule has 1 N–H and O–H groups in total. The molecule has 0 aliphatic heterocycles. The standard InChI is InChI=1S/C21H24N4O3/c1-14-7-5-8-17(11-14)25-21(15(2)22-16(3)26)23-20(24-25)13-28-19-10-6-9-18(12-19)27-4/h5-12,15H,13H2,1-4H3,(H,22,26)/t15-/m0/s1. The first kappa shape index (κ1) is 19.4. The quantitative estimate of drug-likeness (QED) is 0.680. The van der Waals surface area contributed by atoms with Crippen molar-refractivity contribution in [3.05, 3.63) is 65.7 Å². The maximum absolute atomic E-state index is 11.5. The van der Waals surface area contributed by atoms with Crippen LogP contribution in [-0.4, -0.2) is 27.8 Å². The number of rotatable bonds is 7. The first-order chi connectivity index (χ1) is 13.5. The molecule has 0 unspecified atom stereocenters. The number of hydrogen-bond donors (Lipinski definition) is 1. The Kier molecular flexibility index (Phi) is 5.93.